The van der Waals surface area contributed by atoms with Crippen LogP contribution in [0, 0.1) is 0 Å². The number of hydrogen-bond donors (Lipinski definition) is 3. The Morgan fingerprint density at radius 2 is 1.83 bits per heavy atom. The molecule has 0 aliphatic rings. The van der Waals surface area contributed by atoms with Crippen LogP contribution in [0.15, 0.2) is 59.5 Å². The summed E-state index contributed by atoms with van der Waals surface area (Å²) in [5.41, 5.74) is 6.95. The van der Waals surface area contributed by atoms with Gasteiger partial charge in [-0.1, -0.05) is 42.5 Å². The second kappa shape index (κ2) is 7.36. The Morgan fingerprint density at radius 1 is 1.13 bits per heavy atom. The first-order valence-corrected chi connectivity index (χ1v) is 8.52. The number of rotatable bonds is 7. The lowest BCUT2D eigenvalue weighted by Crippen LogP contribution is -2.33. The van der Waals surface area contributed by atoms with Crippen LogP contribution in [0.2, 0.25) is 0 Å². The zero-order chi connectivity index (χ0) is 16.9. The van der Waals surface area contributed by atoms with Crippen molar-refractivity contribution >= 4 is 15.9 Å². The van der Waals surface area contributed by atoms with Crippen molar-refractivity contribution in [1.82, 2.24) is 10.0 Å². The van der Waals surface area contributed by atoms with Crippen LogP contribution in [0.3, 0.4) is 0 Å². The van der Waals surface area contributed by atoms with Crippen molar-refractivity contribution in [2.45, 2.75) is 17.5 Å². The van der Waals surface area contributed by atoms with E-state index in [1.807, 2.05) is 30.3 Å². The lowest BCUT2D eigenvalue weighted by Gasteiger charge is -2.16. The van der Waals surface area contributed by atoms with Crippen LogP contribution in [-0.2, 0) is 21.4 Å². The van der Waals surface area contributed by atoms with Crippen LogP contribution in [0.25, 0.3) is 0 Å². The Kier molecular flexibility index (Phi) is 5.49. The molecule has 0 radical (unpaired) electrons. The Hall–Kier alpha value is -2.22. The summed E-state index contributed by atoms with van der Waals surface area (Å²) in [5, 5.41) is 3.06. The SMILES string of the molecule is CNS(=O)(=O)c1cccc(CNC(C(N)=O)c2ccccc2)c1. The third-order valence-electron chi connectivity index (χ3n) is 3.41. The topological polar surface area (TPSA) is 101 Å². The molecule has 6 nitrogen and oxygen atoms in total. The molecular weight excluding hydrogens is 314 g/mol. The molecule has 0 aromatic heterocycles. The van der Waals surface area contributed by atoms with Gasteiger partial charge in [0, 0.05) is 6.54 Å². The van der Waals surface area contributed by atoms with Gasteiger partial charge in [-0.3, -0.25) is 10.1 Å². The van der Waals surface area contributed by atoms with E-state index in [0.717, 1.165) is 11.1 Å². The summed E-state index contributed by atoms with van der Waals surface area (Å²) in [4.78, 5) is 11.8. The highest BCUT2D eigenvalue weighted by Gasteiger charge is 2.17. The van der Waals surface area contributed by atoms with E-state index >= 15 is 0 Å². The first-order valence-electron chi connectivity index (χ1n) is 7.04. The summed E-state index contributed by atoms with van der Waals surface area (Å²) in [5.74, 6) is -0.491. The van der Waals surface area contributed by atoms with E-state index in [9.17, 15) is 13.2 Å². The van der Waals surface area contributed by atoms with E-state index in [1.165, 1.54) is 13.1 Å². The molecule has 2 aromatic rings. The smallest absolute Gasteiger partial charge is 0.240 e. The van der Waals surface area contributed by atoms with Gasteiger partial charge in [-0.2, -0.15) is 0 Å². The van der Waals surface area contributed by atoms with Crippen LogP contribution in [-0.4, -0.2) is 21.4 Å². The second-order valence-electron chi connectivity index (χ2n) is 4.98. The van der Waals surface area contributed by atoms with Gasteiger partial charge in [0.25, 0.3) is 0 Å². The van der Waals surface area contributed by atoms with Crippen LogP contribution < -0.4 is 15.8 Å². The fourth-order valence-electron chi connectivity index (χ4n) is 2.19. The van der Waals surface area contributed by atoms with Crippen molar-refractivity contribution in [2.24, 2.45) is 5.73 Å². The minimum Gasteiger partial charge on any atom is -0.368 e. The van der Waals surface area contributed by atoms with Crippen molar-refractivity contribution in [3.05, 3.63) is 65.7 Å². The molecular formula is C16H19N3O3S. The summed E-state index contributed by atoms with van der Waals surface area (Å²) < 4.78 is 25.9. The average molecular weight is 333 g/mol. The van der Waals surface area contributed by atoms with Crippen molar-refractivity contribution in [1.29, 1.82) is 0 Å². The number of primary amides is 1. The quantitative estimate of drug-likeness (QED) is 0.701. The van der Waals surface area contributed by atoms with E-state index < -0.39 is 22.0 Å². The monoisotopic (exact) mass is 333 g/mol. The maximum Gasteiger partial charge on any atom is 0.240 e. The first-order chi connectivity index (χ1) is 10.9. The molecule has 0 spiro atoms. The molecule has 0 aliphatic carbocycles. The Bertz CT molecular complexity index is 776. The van der Waals surface area contributed by atoms with Crippen LogP contribution in [0.5, 0.6) is 0 Å². The summed E-state index contributed by atoms with van der Waals surface area (Å²) in [6.45, 7) is 0.315. The molecule has 0 bridgehead atoms. The Labute approximate surface area is 135 Å². The summed E-state index contributed by atoms with van der Waals surface area (Å²) >= 11 is 0. The van der Waals surface area contributed by atoms with Gasteiger partial charge in [0.1, 0.15) is 6.04 Å². The molecule has 0 saturated heterocycles. The van der Waals surface area contributed by atoms with Gasteiger partial charge in [0.15, 0.2) is 0 Å². The van der Waals surface area contributed by atoms with Gasteiger partial charge in [-0.05, 0) is 30.3 Å². The van der Waals surface area contributed by atoms with Crippen LogP contribution in [0.1, 0.15) is 17.2 Å². The number of carbonyl (C=O) groups is 1. The zero-order valence-electron chi connectivity index (χ0n) is 12.7. The van der Waals surface area contributed by atoms with Gasteiger partial charge in [-0.25, -0.2) is 13.1 Å². The fourth-order valence-corrected chi connectivity index (χ4v) is 2.99. The Morgan fingerprint density at radius 3 is 2.43 bits per heavy atom. The van der Waals surface area contributed by atoms with Gasteiger partial charge >= 0.3 is 0 Å². The molecule has 122 valence electrons. The number of nitrogens with one attached hydrogen (secondary N) is 2. The molecule has 0 aliphatic heterocycles. The van der Waals surface area contributed by atoms with Crippen molar-refractivity contribution in [3.63, 3.8) is 0 Å². The molecule has 1 atom stereocenters. The molecule has 7 heteroatoms. The van der Waals surface area contributed by atoms with Crippen molar-refractivity contribution < 1.29 is 13.2 Å². The van der Waals surface area contributed by atoms with E-state index in [1.54, 1.807) is 18.2 Å². The minimum absolute atomic E-state index is 0.176. The van der Waals surface area contributed by atoms with E-state index in [0.29, 0.717) is 6.54 Å². The maximum atomic E-state index is 11.8. The van der Waals surface area contributed by atoms with Crippen molar-refractivity contribution in [2.75, 3.05) is 7.05 Å². The highest BCUT2D eigenvalue weighted by Crippen LogP contribution is 2.15. The third kappa shape index (κ3) is 4.38. The minimum atomic E-state index is -3.50. The molecule has 1 unspecified atom stereocenters. The van der Waals surface area contributed by atoms with Gasteiger partial charge < -0.3 is 5.73 Å². The molecule has 0 fully saturated rings. The highest BCUT2D eigenvalue weighted by atomic mass is 32.2. The van der Waals surface area contributed by atoms with Crippen LogP contribution >= 0.6 is 0 Å². The molecule has 2 aromatic carbocycles. The number of sulfonamides is 1. The summed E-state index contributed by atoms with van der Waals surface area (Å²) in [6.07, 6.45) is 0. The van der Waals surface area contributed by atoms with E-state index in [2.05, 4.69) is 10.0 Å². The lowest BCUT2D eigenvalue weighted by molar-refractivity contribution is -0.120. The predicted octanol–water partition coefficient (Wildman–Crippen LogP) is 0.911. The molecule has 0 saturated carbocycles. The standard InChI is InChI=1S/C16H19N3O3S/c1-18-23(21,22)14-9-5-6-12(10-14)11-19-15(16(17)20)13-7-3-2-4-8-13/h2-10,15,18-19H,11H2,1H3,(H2,17,20). The molecule has 23 heavy (non-hydrogen) atoms. The summed E-state index contributed by atoms with van der Waals surface area (Å²) in [7, 11) is -2.14. The Balaban J connectivity index is 2.16. The highest BCUT2D eigenvalue weighted by molar-refractivity contribution is 7.89. The predicted molar refractivity (Wildman–Crippen MR) is 87.9 cm³/mol. The molecule has 2 rings (SSSR count). The van der Waals surface area contributed by atoms with E-state index in [4.69, 9.17) is 5.73 Å². The van der Waals surface area contributed by atoms with Gasteiger partial charge in [0.2, 0.25) is 15.9 Å². The number of carbonyl (C=O) groups excluding carboxylic acids is 1. The number of benzene rings is 2. The normalized spacial score (nSPS) is 12.7. The second-order valence-corrected chi connectivity index (χ2v) is 6.87. The number of amides is 1. The molecule has 1 amide bonds. The number of nitrogens with two attached hydrogens (primary N) is 1. The fraction of sp³-hybridized carbons (Fsp3) is 0.188. The van der Waals surface area contributed by atoms with Gasteiger partial charge in [0.05, 0.1) is 4.90 Å². The first kappa shape index (κ1) is 17.1. The molecule has 0 heterocycles. The zero-order valence-corrected chi connectivity index (χ0v) is 13.5. The number of hydrogen-bond acceptors (Lipinski definition) is 4. The van der Waals surface area contributed by atoms with Crippen LogP contribution in [0.4, 0.5) is 0 Å². The molecule has 4 N–H and O–H groups in total. The third-order valence-corrected chi connectivity index (χ3v) is 4.82. The average Bonchev–Trinajstić information content (AvgIpc) is 2.56. The van der Waals surface area contributed by atoms with Gasteiger partial charge in [-0.15, -0.1) is 0 Å². The lowest BCUT2D eigenvalue weighted by atomic mass is 10.1. The van der Waals surface area contributed by atoms with E-state index in [-0.39, 0.29) is 4.90 Å². The van der Waals surface area contributed by atoms with Crippen molar-refractivity contribution in [3.8, 4) is 0 Å². The maximum absolute atomic E-state index is 11.8. The largest absolute Gasteiger partial charge is 0.368 e. The summed E-state index contributed by atoms with van der Waals surface area (Å²) in [6, 6.07) is 15.0.